The third kappa shape index (κ3) is 3.68. The summed E-state index contributed by atoms with van der Waals surface area (Å²) in [5.74, 6) is -1.09. The van der Waals surface area contributed by atoms with Gasteiger partial charge in [0.15, 0.2) is 11.6 Å². The van der Waals surface area contributed by atoms with Crippen molar-refractivity contribution in [2.24, 2.45) is 0 Å². The summed E-state index contributed by atoms with van der Waals surface area (Å²) in [6.07, 6.45) is 4.58. The molecular formula is C19H20FN3O2. The fourth-order valence-electron chi connectivity index (χ4n) is 2.98. The van der Waals surface area contributed by atoms with Crippen molar-refractivity contribution < 1.29 is 14.0 Å². The molecular weight excluding hydrogens is 321 g/mol. The highest BCUT2D eigenvalue weighted by Gasteiger charge is 2.21. The van der Waals surface area contributed by atoms with Gasteiger partial charge in [0.1, 0.15) is 0 Å². The first-order valence-corrected chi connectivity index (χ1v) is 8.36. The van der Waals surface area contributed by atoms with Gasteiger partial charge in [-0.3, -0.25) is 14.5 Å². The van der Waals surface area contributed by atoms with Crippen molar-refractivity contribution in [1.29, 1.82) is 0 Å². The summed E-state index contributed by atoms with van der Waals surface area (Å²) in [7, 11) is 1.47. The number of piperidine rings is 1. The van der Waals surface area contributed by atoms with Gasteiger partial charge in [-0.1, -0.05) is 6.07 Å². The summed E-state index contributed by atoms with van der Waals surface area (Å²) in [6, 6.07) is 9.28. The van der Waals surface area contributed by atoms with Gasteiger partial charge in [-0.25, -0.2) is 9.37 Å². The highest BCUT2D eigenvalue weighted by Crippen LogP contribution is 2.18. The maximum atomic E-state index is 13.8. The van der Waals surface area contributed by atoms with E-state index >= 15 is 0 Å². The number of hydrogen-bond donors (Lipinski definition) is 0. The number of carbonyl (C=O) groups excluding carboxylic acids is 2. The number of aromatic nitrogens is 1. The average Bonchev–Trinajstić information content (AvgIpc) is 2.67. The molecule has 1 fully saturated rings. The molecule has 0 spiro atoms. The number of anilines is 1. The van der Waals surface area contributed by atoms with Crippen molar-refractivity contribution in [3.8, 4) is 0 Å². The van der Waals surface area contributed by atoms with Gasteiger partial charge >= 0.3 is 0 Å². The monoisotopic (exact) mass is 341 g/mol. The minimum Gasteiger partial charge on any atom is -0.339 e. The summed E-state index contributed by atoms with van der Waals surface area (Å²) >= 11 is 0. The fraction of sp³-hybridized carbons (Fsp3) is 0.316. The lowest BCUT2D eigenvalue weighted by Crippen LogP contribution is -2.35. The summed E-state index contributed by atoms with van der Waals surface area (Å²) in [5.41, 5.74) is 0.804. The quantitative estimate of drug-likeness (QED) is 0.862. The molecule has 0 radical (unpaired) electrons. The number of pyridine rings is 1. The standard InChI is InChI=1S/C19H20FN3O2/c1-22(17-16(20)9-6-10-21-17)18(24)14-7-5-8-15(13-14)19(25)23-11-3-2-4-12-23/h5-10,13H,2-4,11-12H2,1H3. The second-order valence-corrected chi connectivity index (χ2v) is 6.11. The zero-order valence-corrected chi connectivity index (χ0v) is 14.1. The van der Waals surface area contributed by atoms with Gasteiger partial charge in [0.2, 0.25) is 0 Å². The zero-order valence-electron chi connectivity index (χ0n) is 14.1. The lowest BCUT2D eigenvalue weighted by Gasteiger charge is -2.27. The molecule has 0 atom stereocenters. The summed E-state index contributed by atoms with van der Waals surface area (Å²) < 4.78 is 13.8. The van der Waals surface area contributed by atoms with Crippen LogP contribution >= 0.6 is 0 Å². The molecule has 0 saturated carbocycles. The van der Waals surface area contributed by atoms with E-state index in [0.717, 1.165) is 37.3 Å². The van der Waals surface area contributed by atoms with E-state index in [1.165, 1.54) is 25.4 Å². The van der Waals surface area contributed by atoms with Gasteiger partial charge in [-0.15, -0.1) is 0 Å². The first kappa shape index (κ1) is 17.1. The third-order valence-corrected chi connectivity index (χ3v) is 4.36. The lowest BCUT2D eigenvalue weighted by molar-refractivity contribution is 0.0724. The van der Waals surface area contributed by atoms with Gasteiger partial charge in [-0.05, 0) is 49.6 Å². The van der Waals surface area contributed by atoms with Crippen LogP contribution in [0, 0.1) is 5.82 Å². The SMILES string of the molecule is CN(C(=O)c1cccc(C(=O)N2CCCCC2)c1)c1ncccc1F. The van der Waals surface area contributed by atoms with Crippen LogP contribution in [-0.4, -0.2) is 41.8 Å². The van der Waals surface area contributed by atoms with Crippen LogP contribution in [0.15, 0.2) is 42.6 Å². The second kappa shape index (κ2) is 7.42. The molecule has 0 bridgehead atoms. The largest absolute Gasteiger partial charge is 0.339 e. The predicted octanol–water partition coefficient (Wildman–Crippen LogP) is 3.12. The van der Waals surface area contributed by atoms with Crippen molar-refractivity contribution in [2.75, 3.05) is 25.0 Å². The molecule has 1 aliphatic rings. The normalized spacial score (nSPS) is 14.2. The molecule has 2 aromatic rings. The Bertz CT molecular complexity index is 788. The number of carbonyl (C=O) groups is 2. The van der Waals surface area contributed by atoms with E-state index in [1.54, 1.807) is 24.3 Å². The third-order valence-electron chi connectivity index (χ3n) is 4.36. The molecule has 2 amide bonds. The Balaban J connectivity index is 1.82. The molecule has 25 heavy (non-hydrogen) atoms. The van der Waals surface area contributed by atoms with Crippen molar-refractivity contribution in [2.45, 2.75) is 19.3 Å². The van der Waals surface area contributed by atoms with Gasteiger partial charge in [0.25, 0.3) is 11.8 Å². The highest BCUT2D eigenvalue weighted by molar-refractivity contribution is 6.07. The lowest BCUT2D eigenvalue weighted by atomic mass is 10.1. The molecule has 130 valence electrons. The minimum atomic E-state index is -0.570. The molecule has 1 aromatic heterocycles. The van der Waals surface area contributed by atoms with Crippen LogP contribution in [0.1, 0.15) is 40.0 Å². The zero-order chi connectivity index (χ0) is 17.8. The Hall–Kier alpha value is -2.76. The molecule has 1 aliphatic heterocycles. The average molecular weight is 341 g/mol. The van der Waals surface area contributed by atoms with E-state index in [-0.39, 0.29) is 11.7 Å². The highest BCUT2D eigenvalue weighted by atomic mass is 19.1. The topological polar surface area (TPSA) is 53.5 Å². The van der Waals surface area contributed by atoms with Crippen molar-refractivity contribution in [3.63, 3.8) is 0 Å². The molecule has 3 rings (SSSR count). The molecule has 1 saturated heterocycles. The second-order valence-electron chi connectivity index (χ2n) is 6.11. The summed E-state index contributed by atoms with van der Waals surface area (Å²) in [4.78, 5) is 32.1. The molecule has 6 heteroatoms. The van der Waals surface area contributed by atoms with Gasteiger partial charge in [-0.2, -0.15) is 0 Å². The van der Waals surface area contributed by atoms with Crippen LogP contribution in [-0.2, 0) is 0 Å². The van der Waals surface area contributed by atoms with E-state index < -0.39 is 11.7 Å². The van der Waals surface area contributed by atoms with E-state index in [1.807, 2.05) is 4.90 Å². The van der Waals surface area contributed by atoms with Crippen molar-refractivity contribution in [3.05, 3.63) is 59.5 Å². The van der Waals surface area contributed by atoms with Crippen LogP contribution < -0.4 is 4.90 Å². The molecule has 0 unspecified atom stereocenters. The van der Waals surface area contributed by atoms with Crippen molar-refractivity contribution in [1.82, 2.24) is 9.88 Å². The molecule has 0 N–H and O–H groups in total. The first-order chi connectivity index (χ1) is 12.1. The van der Waals surface area contributed by atoms with Gasteiger partial charge in [0, 0.05) is 37.5 Å². The van der Waals surface area contributed by atoms with Crippen LogP contribution in [0.5, 0.6) is 0 Å². The van der Waals surface area contributed by atoms with Crippen molar-refractivity contribution >= 4 is 17.6 Å². The molecule has 1 aromatic carbocycles. The van der Waals surface area contributed by atoms with E-state index in [0.29, 0.717) is 11.1 Å². The van der Waals surface area contributed by atoms with E-state index in [4.69, 9.17) is 0 Å². The summed E-state index contributed by atoms with van der Waals surface area (Å²) in [5, 5.41) is 0. The van der Waals surface area contributed by atoms with E-state index in [9.17, 15) is 14.0 Å². The Kier molecular flexibility index (Phi) is 5.07. The maximum absolute atomic E-state index is 13.8. The van der Waals surface area contributed by atoms with Gasteiger partial charge < -0.3 is 4.90 Å². The smallest absolute Gasteiger partial charge is 0.259 e. The van der Waals surface area contributed by atoms with Gasteiger partial charge in [0.05, 0.1) is 0 Å². The predicted molar refractivity (Wildman–Crippen MR) is 93.1 cm³/mol. The summed E-state index contributed by atoms with van der Waals surface area (Å²) in [6.45, 7) is 1.49. The number of halogens is 1. The number of rotatable bonds is 3. The Labute approximate surface area is 146 Å². The van der Waals surface area contributed by atoms with E-state index in [2.05, 4.69) is 4.98 Å². The Morgan fingerprint density at radius 2 is 1.80 bits per heavy atom. The molecule has 2 heterocycles. The van der Waals surface area contributed by atoms with Crippen LogP contribution in [0.25, 0.3) is 0 Å². The Morgan fingerprint density at radius 3 is 2.52 bits per heavy atom. The number of hydrogen-bond acceptors (Lipinski definition) is 3. The number of likely N-dealkylation sites (tertiary alicyclic amines) is 1. The maximum Gasteiger partial charge on any atom is 0.259 e. The van der Waals surface area contributed by atoms with Crippen LogP contribution in [0.4, 0.5) is 10.2 Å². The van der Waals surface area contributed by atoms with Crippen LogP contribution in [0.3, 0.4) is 0 Å². The number of nitrogens with zero attached hydrogens (tertiary/aromatic N) is 3. The number of amides is 2. The first-order valence-electron chi connectivity index (χ1n) is 8.36. The van der Waals surface area contributed by atoms with Crippen LogP contribution in [0.2, 0.25) is 0 Å². The Morgan fingerprint density at radius 1 is 1.08 bits per heavy atom. The number of benzene rings is 1. The molecule has 0 aliphatic carbocycles. The molecule has 5 nitrogen and oxygen atoms in total. The minimum absolute atomic E-state index is 0.0414. The fourth-order valence-corrected chi connectivity index (χ4v) is 2.98.